The van der Waals surface area contributed by atoms with Crippen molar-refractivity contribution in [2.24, 2.45) is 0 Å². The molecule has 0 aromatic carbocycles. The number of fused-ring (bicyclic) bond motifs is 1. The van der Waals surface area contributed by atoms with Gasteiger partial charge in [0, 0.05) is 18.9 Å². The van der Waals surface area contributed by atoms with Crippen LogP contribution in [0.1, 0.15) is 19.3 Å². The second kappa shape index (κ2) is 5.21. The van der Waals surface area contributed by atoms with Gasteiger partial charge in [0.05, 0.1) is 6.20 Å². The van der Waals surface area contributed by atoms with Gasteiger partial charge in [-0.25, -0.2) is 4.52 Å². The van der Waals surface area contributed by atoms with Gasteiger partial charge in [-0.15, -0.1) is 0 Å². The highest BCUT2D eigenvalue weighted by atomic mass is 32.1. The van der Waals surface area contributed by atoms with E-state index in [2.05, 4.69) is 17.7 Å². The fourth-order valence-electron chi connectivity index (χ4n) is 1.71. The zero-order valence-electron chi connectivity index (χ0n) is 9.04. The van der Waals surface area contributed by atoms with E-state index in [1.54, 1.807) is 27.5 Å². The Kier molecular flexibility index (Phi) is 3.66. The number of aryl methyl sites for hydroxylation is 1. The second-order valence-corrected chi connectivity index (χ2v) is 4.19. The molecule has 0 radical (unpaired) electrons. The summed E-state index contributed by atoms with van der Waals surface area (Å²) in [5.41, 5.74) is 0.669. The van der Waals surface area contributed by atoms with Crippen LogP contribution < -0.4 is 5.56 Å². The molecule has 2 rings (SSSR count). The minimum absolute atomic E-state index is 0.0332. The van der Waals surface area contributed by atoms with E-state index in [0.29, 0.717) is 5.52 Å². The molecule has 86 valence electrons. The molecule has 5 heteroatoms. The Hall–Kier alpha value is -1.23. The first-order valence-corrected chi connectivity index (χ1v) is 6.10. The average Bonchev–Trinajstić information content (AvgIpc) is 2.76. The molecule has 0 fully saturated rings. The van der Waals surface area contributed by atoms with E-state index in [0.717, 1.165) is 31.6 Å². The third kappa shape index (κ3) is 2.29. The van der Waals surface area contributed by atoms with E-state index in [1.807, 2.05) is 6.20 Å². The minimum Gasteiger partial charge on any atom is -0.312 e. The maximum atomic E-state index is 11.9. The van der Waals surface area contributed by atoms with E-state index < -0.39 is 0 Å². The molecule has 0 saturated carbocycles. The van der Waals surface area contributed by atoms with Crippen LogP contribution >= 0.6 is 12.6 Å². The van der Waals surface area contributed by atoms with Crippen molar-refractivity contribution in [2.45, 2.75) is 25.8 Å². The number of aromatic nitrogens is 3. The van der Waals surface area contributed by atoms with Crippen molar-refractivity contribution < 1.29 is 0 Å². The Morgan fingerprint density at radius 2 is 2.12 bits per heavy atom. The SMILES string of the molecule is O=c1c2ccnn2ccn1CCCCCS. The Balaban J connectivity index is 2.12. The number of hydrogen-bond donors (Lipinski definition) is 1. The number of rotatable bonds is 5. The normalized spacial score (nSPS) is 11.1. The largest absolute Gasteiger partial charge is 0.312 e. The van der Waals surface area contributed by atoms with Crippen LogP contribution in [0.3, 0.4) is 0 Å². The van der Waals surface area contributed by atoms with Gasteiger partial charge in [0.25, 0.3) is 5.56 Å². The lowest BCUT2D eigenvalue weighted by Gasteiger charge is -2.05. The second-order valence-electron chi connectivity index (χ2n) is 3.74. The quantitative estimate of drug-likeness (QED) is 0.633. The summed E-state index contributed by atoms with van der Waals surface area (Å²) in [7, 11) is 0. The van der Waals surface area contributed by atoms with Crippen molar-refractivity contribution in [1.82, 2.24) is 14.2 Å². The van der Waals surface area contributed by atoms with Crippen molar-refractivity contribution in [1.29, 1.82) is 0 Å². The van der Waals surface area contributed by atoms with Gasteiger partial charge in [0.15, 0.2) is 0 Å². The van der Waals surface area contributed by atoms with Crippen molar-refractivity contribution in [3.8, 4) is 0 Å². The van der Waals surface area contributed by atoms with E-state index in [9.17, 15) is 4.79 Å². The van der Waals surface area contributed by atoms with Crippen LogP contribution in [-0.2, 0) is 6.54 Å². The summed E-state index contributed by atoms with van der Waals surface area (Å²) < 4.78 is 3.35. The van der Waals surface area contributed by atoms with Crippen LogP contribution in [0.15, 0.2) is 29.5 Å². The molecule has 2 heterocycles. The molecule has 0 atom stereocenters. The molecule has 2 aromatic heterocycles. The van der Waals surface area contributed by atoms with Crippen LogP contribution in [0, 0.1) is 0 Å². The molecule has 0 aliphatic carbocycles. The Morgan fingerprint density at radius 3 is 2.94 bits per heavy atom. The highest BCUT2D eigenvalue weighted by Gasteiger charge is 2.02. The summed E-state index contributed by atoms with van der Waals surface area (Å²) in [4.78, 5) is 11.9. The van der Waals surface area contributed by atoms with Gasteiger partial charge >= 0.3 is 0 Å². The fraction of sp³-hybridized carbons (Fsp3) is 0.455. The molecule has 0 aliphatic rings. The smallest absolute Gasteiger partial charge is 0.276 e. The highest BCUT2D eigenvalue weighted by Crippen LogP contribution is 2.00. The average molecular weight is 237 g/mol. The molecule has 0 spiro atoms. The molecule has 0 N–H and O–H groups in total. The molecular formula is C11H15N3OS. The van der Waals surface area contributed by atoms with Gasteiger partial charge in [0.1, 0.15) is 5.52 Å². The van der Waals surface area contributed by atoms with Gasteiger partial charge in [-0.2, -0.15) is 17.7 Å². The first-order chi connectivity index (χ1) is 7.83. The molecule has 0 saturated heterocycles. The number of unbranched alkanes of at least 4 members (excludes halogenated alkanes) is 2. The maximum Gasteiger partial charge on any atom is 0.276 e. The zero-order chi connectivity index (χ0) is 11.4. The molecular weight excluding hydrogens is 222 g/mol. The summed E-state index contributed by atoms with van der Waals surface area (Å²) >= 11 is 4.16. The van der Waals surface area contributed by atoms with Crippen molar-refractivity contribution in [3.63, 3.8) is 0 Å². The predicted octanol–water partition coefficient (Wildman–Crippen LogP) is 1.60. The van der Waals surface area contributed by atoms with Gasteiger partial charge in [0.2, 0.25) is 0 Å². The summed E-state index contributed by atoms with van der Waals surface area (Å²) in [5, 5.41) is 4.02. The lowest BCUT2D eigenvalue weighted by molar-refractivity contribution is 0.587. The molecule has 16 heavy (non-hydrogen) atoms. The highest BCUT2D eigenvalue weighted by molar-refractivity contribution is 7.80. The Morgan fingerprint density at radius 1 is 1.25 bits per heavy atom. The summed E-state index contributed by atoms with van der Waals surface area (Å²) in [6.45, 7) is 0.772. The number of hydrogen-bond acceptors (Lipinski definition) is 3. The number of thiol groups is 1. The summed E-state index contributed by atoms with van der Waals surface area (Å²) in [6.07, 6.45) is 8.48. The number of nitrogens with zero attached hydrogens (tertiary/aromatic N) is 3. The fourth-order valence-corrected chi connectivity index (χ4v) is 1.93. The van der Waals surface area contributed by atoms with Crippen LogP contribution in [0.4, 0.5) is 0 Å². The minimum atomic E-state index is 0.0332. The molecule has 0 unspecified atom stereocenters. The van der Waals surface area contributed by atoms with Gasteiger partial charge in [-0.05, 0) is 24.7 Å². The van der Waals surface area contributed by atoms with E-state index in [1.165, 1.54) is 0 Å². The third-order valence-corrected chi connectivity index (χ3v) is 2.91. The van der Waals surface area contributed by atoms with Gasteiger partial charge in [-0.3, -0.25) is 4.79 Å². The molecule has 2 aromatic rings. The summed E-state index contributed by atoms with van der Waals surface area (Å²) in [5.74, 6) is 0.913. The first-order valence-electron chi connectivity index (χ1n) is 5.46. The summed E-state index contributed by atoms with van der Waals surface area (Å²) in [6, 6.07) is 1.74. The van der Waals surface area contributed by atoms with Crippen LogP contribution in [0.5, 0.6) is 0 Å². The molecule has 4 nitrogen and oxygen atoms in total. The van der Waals surface area contributed by atoms with Crippen LogP contribution in [0.2, 0.25) is 0 Å². The van der Waals surface area contributed by atoms with E-state index in [4.69, 9.17) is 0 Å². The Bertz CT molecular complexity index is 517. The van der Waals surface area contributed by atoms with E-state index in [-0.39, 0.29) is 5.56 Å². The third-order valence-electron chi connectivity index (χ3n) is 2.60. The predicted molar refractivity (Wildman–Crippen MR) is 67.2 cm³/mol. The zero-order valence-corrected chi connectivity index (χ0v) is 9.94. The lowest BCUT2D eigenvalue weighted by atomic mass is 10.2. The molecule has 0 amide bonds. The van der Waals surface area contributed by atoms with Gasteiger partial charge in [-0.1, -0.05) is 6.42 Å². The standard InChI is InChI=1S/C11H15N3OS/c15-11-10-4-5-12-14(10)8-7-13(11)6-2-1-3-9-16/h4-5,7-8,16H,1-3,6,9H2. The van der Waals surface area contributed by atoms with E-state index >= 15 is 0 Å². The van der Waals surface area contributed by atoms with Crippen LogP contribution in [-0.4, -0.2) is 19.9 Å². The Labute approximate surface area is 99.3 Å². The lowest BCUT2D eigenvalue weighted by Crippen LogP contribution is -2.21. The molecule has 0 bridgehead atoms. The topological polar surface area (TPSA) is 39.3 Å². The first kappa shape index (κ1) is 11.3. The van der Waals surface area contributed by atoms with Crippen LogP contribution in [0.25, 0.3) is 5.52 Å². The monoisotopic (exact) mass is 237 g/mol. The van der Waals surface area contributed by atoms with Crippen molar-refractivity contribution >= 4 is 18.1 Å². The van der Waals surface area contributed by atoms with Crippen molar-refractivity contribution in [3.05, 3.63) is 35.0 Å². The maximum absolute atomic E-state index is 11.9. The van der Waals surface area contributed by atoms with Crippen molar-refractivity contribution in [2.75, 3.05) is 5.75 Å². The molecule has 0 aliphatic heterocycles. The van der Waals surface area contributed by atoms with Gasteiger partial charge < -0.3 is 4.57 Å².